The summed E-state index contributed by atoms with van der Waals surface area (Å²) >= 11 is 0. The molecule has 2 N–H and O–H groups in total. The molecule has 1 atom stereocenters. The summed E-state index contributed by atoms with van der Waals surface area (Å²) < 4.78 is 5.08. The molecule has 1 aromatic rings. The van der Waals surface area contributed by atoms with Crippen LogP contribution >= 0.6 is 0 Å². The third-order valence-electron chi connectivity index (χ3n) is 3.18. The highest BCUT2D eigenvalue weighted by molar-refractivity contribution is 5.95. The summed E-state index contributed by atoms with van der Waals surface area (Å²) in [6.07, 6.45) is 3.44. The molecule has 2 rings (SSSR count). The van der Waals surface area contributed by atoms with Crippen LogP contribution in [0.15, 0.2) is 22.8 Å². The summed E-state index contributed by atoms with van der Waals surface area (Å²) in [5.74, 6) is -0.147. The number of hydrogen-bond acceptors (Lipinski definition) is 4. The average Bonchev–Trinajstić information content (AvgIpc) is 3.09. The van der Waals surface area contributed by atoms with Crippen molar-refractivity contribution in [1.82, 2.24) is 10.2 Å². The van der Waals surface area contributed by atoms with Crippen LogP contribution in [-0.2, 0) is 4.79 Å². The van der Waals surface area contributed by atoms with Crippen molar-refractivity contribution in [2.24, 2.45) is 0 Å². The summed E-state index contributed by atoms with van der Waals surface area (Å²) in [5.41, 5.74) is 0. The van der Waals surface area contributed by atoms with Gasteiger partial charge >= 0.3 is 0 Å². The first-order valence-corrected chi connectivity index (χ1v) is 6.47. The Balaban J connectivity index is 1.96. The maximum Gasteiger partial charge on any atom is 0.290 e. The van der Waals surface area contributed by atoms with Gasteiger partial charge in [-0.25, -0.2) is 0 Å². The molecule has 2 amide bonds. The number of hydrogen-bond donors (Lipinski definition) is 2. The van der Waals surface area contributed by atoms with E-state index in [9.17, 15) is 9.59 Å². The molecular formula is C13H18N2O4. The standard InChI is InChI=1S/C13H18N2O4/c16-8-3-6-14-12(17)10-4-1-7-15(10)13(18)11-5-2-9-19-11/h2,5,9-10,16H,1,3-4,6-8H2,(H,14,17). The van der Waals surface area contributed by atoms with E-state index in [0.717, 1.165) is 6.42 Å². The van der Waals surface area contributed by atoms with Crippen LogP contribution in [0.2, 0.25) is 0 Å². The van der Waals surface area contributed by atoms with Gasteiger partial charge in [-0.3, -0.25) is 9.59 Å². The van der Waals surface area contributed by atoms with Gasteiger partial charge in [-0.2, -0.15) is 0 Å². The SMILES string of the molecule is O=C(NCCCO)C1CCCN1C(=O)c1ccco1. The van der Waals surface area contributed by atoms with Crippen molar-refractivity contribution in [1.29, 1.82) is 0 Å². The molecule has 6 heteroatoms. The fraction of sp³-hybridized carbons (Fsp3) is 0.538. The number of aliphatic hydroxyl groups excluding tert-OH is 1. The van der Waals surface area contributed by atoms with Crippen LogP contribution in [0.3, 0.4) is 0 Å². The number of carbonyl (C=O) groups is 2. The van der Waals surface area contributed by atoms with E-state index in [1.807, 2.05) is 0 Å². The fourth-order valence-electron chi connectivity index (χ4n) is 2.23. The van der Waals surface area contributed by atoms with Gasteiger partial charge in [0.15, 0.2) is 5.76 Å². The van der Waals surface area contributed by atoms with Crippen molar-refractivity contribution in [2.75, 3.05) is 19.7 Å². The Labute approximate surface area is 111 Å². The van der Waals surface area contributed by atoms with Crippen molar-refractivity contribution in [3.63, 3.8) is 0 Å². The van der Waals surface area contributed by atoms with Gasteiger partial charge < -0.3 is 19.7 Å². The molecule has 0 saturated carbocycles. The van der Waals surface area contributed by atoms with Crippen molar-refractivity contribution in [3.05, 3.63) is 24.2 Å². The van der Waals surface area contributed by atoms with Crippen molar-refractivity contribution in [3.8, 4) is 0 Å². The van der Waals surface area contributed by atoms with Crippen LogP contribution in [0.4, 0.5) is 0 Å². The zero-order valence-corrected chi connectivity index (χ0v) is 10.7. The van der Waals surface area contributed by atoms with Crippen LogP contribution in [0, 0.1) is 0 Å². The van der Waals surface area contributed by atoms with E-state index < -0.39 is 6.04 Å². The minimum Gasteiger partial charge on any atom is -0.459 e. The maximum atomic E-state index is 12.2. The van der Waals surface area contributed by atoms with E-state index in [4.69, 9.17) is 9.52 Å². The van der Waals surface area contributed by atoms with Crippen molar-refractivity contribution < 1.29 is 19.1 Å². The van der Waals surface area contributed by atoms with Gasteiger partial charge in [0.2, 0.25) is 5.91 Å². The maximum absolute atomic E-state index is 12.2. The Morgan fingerprint density at radius 1 is 1.53 bits per heavy atom. The lowest BCUT2D eigenvalue weighted by Crippen LogP contribution is -2.46. The summed E-state index contributed by atoms with van der Waals surface area (Å²) in [4.78, 5) is 25.7. The van der Waals surface area contributed by atoms with Crippen LogP contribution in [0.1, 0.15) is 29.8 Å². The number of aliphatic hydroxyl groups is 1. The van der Waals surface area contributed by atoms with Crippen LogP contribution < -0.4 is 5.32 Å². The molecule has 1 aliphatic rings. The Hall–Kier alpha value is -1.82. The lowest BCUT2D eigenvalue weighted by molar-refractivity contribution is -0.124. The molecule has 0 aliphatic carbocycles. The number of furan rings is 1. The lowest BCUT2D eigenvalue weighted by Gasteiger charge is -2.22. The average molecular weight is 266 g/mol. The largest absolute Gasteiger partial charge is 0.459 e. The van der Waals surface area contributed by atoms with E-state index >= 15 is 0 Å². The minimum atomic E-state index is -0.434. The Bertz CT molecular complexity index is 430. The highest BCUT2D eigenvalue weighted by Gasteiger charge is 2.35. The third kappa shape index (κ3) is 3.14. The monoisotopic (exact) mass is 266 g/mol. The number of likely N-dealkylation sites (tertiary alicyclic amines) is 1. The third-order valence-corrected chi connectivity index (χ3v) is 3.18. The molecule has 0 radical (unpaired) electrons. The lowest BCUT2D eigenvalue weighted by atomic mass is 10.2. The van der Waals surface area contributed by atoms with Crippen molar-refractivity contribution in [2.45, 2.75) is 25.3 Å². The summed E-state index contributed by atoms with van der Waals surface area (Å²) in [5, 5.41) is 11.4. The highest BCUT2D eigenvalue weighted by atomic mass is 16.3. The zero-order valence-electron chi connectivity index (χ0n) is 10.7. The van der Waals surface area contributed by atoms with Gasteiger partial charge in [-0.05, 0) is 31.4 Å². The van der Waals surface area contributed by atoms with E-state index in [1.165, 1.54) is 6.26 Å². The van der Waals surface area contributed by atoms with Gasteiger partial charge in [0.1, 0.15) is 6.04 Å². The molecule has 1 aliphatic heterocycles. The summed E-state index contributed by atoms with van der Waals surface area (Å²) in [6.45, 7) is 1.03. The van der Waals surface area contributed by atoms with Crippen molar-refractivity contribution >= 4 is 11.8 Å². The summed E-state index contributed by atoms with van der Waals surface area (Å²) in [6, 6.07) is 2.82. The van der Waals surface area contributed by atoms with Gasteiger partial charge in [-0.15, -0.1) is 0 Å². The Morgan fingerprint density at radius 3 is 3.05 bits per heavy atom. The van der Waals surface area contributed by atoms with Crippen LogP contribution in [0.5, 0.6) is 0 Å². The number of nitrogens with zero attached hydrogens (tertiary/aromatic N) is 1. The first kappa shape index (κ1) is 13.6. The second-order valence-corrected chi connectivity index (χ2v) is 4.50. The molecule has 0 aromatic carbocycles. The molecule has 1 fully saturated rings. The molecule has 6 nitrogen and oxygen atoms in total. The van der Waals surface area contributed by atoms with E-state index in [0.29, 0.717) is 25.9 Å². The Kier molecular flexibility index (Phi) is 4.57. The number of nitrogens with one attached hydrogen (secondary N) is 1. The van der Waals surface area contributed by atoms with E-state index in [1.54, 1.807) is 17.0 Å². The number of carbonyl (C=O) groups excluding carboxylic acids is 2. The predicted molar refractivity (Wildman–Crippen MR) is 67.5 cm³/mol. The smallest absolute Gasteiger partial charge is 0.290 e. The molecule has 1 unspecified atom stereocenters. The van der Waals surface area contributed by atoms with Gasteiger partial charge in [0.05, 0.1) is 6.26 Å². The second-order valence-electron chi connectivity index (χ2n) is 4.50. The molecule has 104 valence electrons. The molecule has 0 bridgehead atoms. The molecule has 1 aromatic heterocycles. The predicted octanol–water partition coefficient (Wildman–Crippen LogP) is 0.383. The van der Waals surface area contributed by atoms with E-state index in [2.05, 4.69) is 5.32 Å². The van der Waals surface area contributed by atoms with Crippen LogP contribution in [0.25, 0.3) is 0 Å². The molecular weight excluding hydrogens is 248 g/mol. The van der Waals surface area contributed by atoms with Gasteiger partial charge in [0.25, 0.3) is 5.91 Å². The molecule has 2 heterocycles. The number of amides is 2. The first-order valence-electron chi connectivity index (χ1n) is 6.47. The minimum absolute atomic E-state index is 0.0417. The van der Waals surface area contributed by atoms with Crippen LogP contribution in [-0.4, -0.2) is 47.6 Å². The zero-order chi connectivity index (χ0) is 13.7. The van der Waals surface area contributed by atoms with E-state index in [-0.39, 0.29) is 24.2 Å². The number of rotatable bonds is 5. The quantitative estimate of drug-likeness (QED) is 0.755. The van der Waals surface area contributed by atoms with Gasteiger partial charge in [-0.1, -0.05) is 0 Å². The Morgan fingerprint density at radius 2 is 2.37 bits per heavy atom. The topological polar surface area (TPSA) is 82.8 Å². The molecule has 19 heavy (non-hydrogen) atoms. The first-order chi connectivity index (χ1) is 9.24. The second kappa shape index (κ2) is 6.38. The fourth-order valence-corrected chi connectivity index (χ4v) is 2.23. The summed E-state index contributed by atoms with van der Waals surface area (Å²) in [7, 11) is 0. The molecule has 1 saturated heterocycles. The highest BCUT2D eigenvalue weighted by Crippen LogP contribution is 2.20. The normalized spacial score (nSPS) is 18.6. The van der Waals surface area contributed by atoms with Gasteiger partial charge in [0, 0.05) is 19.7 Å². The molecule has 0 spiro atoms.